The first-order chi connectivity index (χ1) is 8.99. The van der Waals surface area contributed by atoms with Crippen molar-refractivity contribution in [2.45, 2.75) is 6.92 Å². The highest BCUT2D eigenvalue weighted by atomic mass is 35.5. The number of nitrogens with one attached hydrogen (secondary N) is 2. The normalized spacial score (nSPS) is 13.7. The summed E-state index contributed by atoms with van der Waals surface area (Å²) in [5, 5.41) is 16.8. The number of hydrogen-bond donors (Lipinski definition) is 2. The summed E-state index contributed by atoms with van der Waals surface area (Å²) in [6, 6.07) is 4.05. The Labute approximate surface area is 114 Å². The van der Waals surface area contributed by atoms with Crippen molar-refractivity contribution in [1.29, 1.82) is 0 Å². The molecular weight excluding hydrogens is 270 g/mol. The average Bonchev–Trinajstić information content (AvgIpc) is 2.26. The van der Waals surface area contributed by atoms with Crippen molar-refractivity contribution in [1.82, 2.24) is 5.32 Å². The van der Waals surface area contributed by atoms with Crippen molar-refractivity contribution in [2.75, 3.05) is 18.4 Å². The fraction of sp³-hybridized carbons (Fsp3) is 0.250. The van der Waals surface area contributed by atoms with Gasteiger partial charge in [0.2, 0.25) is 0 Å². The van der Waals surface area contributed by atoms with Gasteiger partial charge in [-0.3, -0.25) is 14.9 Å². The highest BCUT2D eigenvalue weighted by Gasteiger charge is 2.20. The molecule has 2 N–H and O–H groups in total. The predicted octanol–water partition coefficient (Wildman–Crippen LogP) is 2.11. The highest BCUT2D eigenvalue weighted by Crippen LogP contribution is 2.28. The van der Waals surface area contributed by atoms with Crippen molar-refractivity contribution < 1.29 is 9.72 Å². The van der Waals surface area contributed by atoms with Gasteiger partial charge in [0, 0.05) is 29.8 Å². The Morgan fingerprint density at radius 1 is 1.47 bits per heavy atom. The van der Waals surface area contributed by atoms with Crippen LogP contribution in [0.1, 0.15) is 6.92 Å². The molecule has 2 rings (SSSR count). The van der Waals surface area contributed by atoms with Crippen LogP contribution in [0.25, 0.3) is 0 Å². The number of benzene rings is 1. The third-order valence-electron chi connectivity index (χ3n) is 2.95. The minimum Gasteiger partial charge on any atom is -0.316 e. The Hall–Kier alpha value is -1.92. The Morgan fingerprint density at radius 2 is 2.16 bits per heavy atom. The second-order valence-corrected chi connectivity index (χ2v) is 4.64. The third-order valence-corrected chi connectivity index (χ3v) is 3.19. The fourth-order valence-corrected chi connectivity index (χ4v) is 1.83. The zero-order valence-electron chi connectivity index (χ0n) is 10.2. The van der Waals surface area contributed by atoms with E-state index in [4.69, 9.17) is 11.6 Å². The van der Waals surface area contributed by atoms with Gasteiger partial charge in [-0.05, 0) is 24.6 Å². The molecule has 19 heavy (non-hydrogen) atoms. The molecular formula is C12H12ClN3O3. The number of nitrogens with zero attached hydrogens (tertiary/aromatic N) is 1. The molecule has 1 aromatic carbocycles. The maximum Gasteiger partial charge on any atom is 0.292 e. The number of carbonyl (C=O) groups excluding carboxylic acids is 1. The van der Waals surface area contributed by atoms with Crippen LogP contribution in [-0.2, 0) is 4.79 Å². The Balaban J connectivity index is 2.25. The molecule has 1 saturated heterocycles. The summed E-state index contributed by atoms with van der Waals surface area (Å²) >= 11 is 5.79. The summed E-state index contributed by atoms with van der Waals surface area (Å²) in [4.78, 5) is 22.3. The second-order valence-electron chi connectivity index (χ2n) is 4.20. The van der Waals surface area contributed by atoms with Gasteiger partial charge in [-0.25, -0.2) is 0 Å². The molecule has 1 aromatic rings. The van der Waals surface area contributed by atoms with E-state index in [0.717, 1.165) is 5.57 Å². The summed E-state index contributed by atoms with van der Waals surface area (Å²) in [5.74, 6) is -0.345. The maximum atomic E-state index is 12.0. The van der Waals surface area contributed by atoms with Gasteiger partial charge in [-0.2, -0.15) is 0 Å². The van der Waals surface area contributed by atoms with Crippen LogP contribution in [-0.4, -0.2) is 23.9 Å². The molecule has 100 valence electrons. The van der Waals surface area contributed by atoms with E-state index < -0.39 is 4.92 Å². The van der Waals surface area contributed by atoms with Crippen molar-refractivity contribution in [3.05, 3.63) is 44.5 Å². The standard InChI is InChI=1S/C12H12ClN3O3/c1-7(8-5-14-6-8)12(17)15-10-4-9(13)2-3-11(10)16(18)19/h2-4,14H,5-6H2,1H3,(H,15,17). The second kappa shape index (κ2) is 5.38. The predicted molar refractivity (Wildman–Crippen MR) is 72.3 cm³/mol. The topological polar surface area (TPSA) is 84.3 Å². The Morgan fingerprint density at radius 3 is 2.68 bits per heavy atom. The number of carbonyl (C=O) groups is 1. The molecule has 1 amide bonds. The van der Waals surface area contributed by atoms with Gasteiger partial charge in [0.05, 0.1) is 4.92 Å². The van der Waals surface area contributed by atoms with E-state index in [9.17, 15) is 14.9 Å². The van der Waals surface area contributed by atoms with Crippen LogP contribution in [0.2, 0.25) is 5.02 Å². The van der Waals surface area contributed by atoms with Crippen LogP contribution in [0.5, 0.6) is 0 Å². The molecule has 0 bridgehead atoms. The van der Waals surface area contributed by atoms with E-state index in [1.807, 2.05) is 0 Å². The van der Waals surface area contributed by atoms with E-state index in [1.54, 1.807) is 6.92 Å². The monoisotopic (exact) mass is 281 g/mol. The molecule has 1 aliphatic rings. The Bertz CT molecular complexity index is 578. The van der Waals surface area contributed by atoms with Crippen LogP contribution in [0.15, 0.2) is 29.3 Å². The lowest BCUT2D eigenvalue weighted by Gasteiger charge is -2.21. The van der Waals surface area contributed by atoms with Crippen LogP contribution in [0, 0.1) is 10.1 Å². The molecule has 0 radical (unpaired) electrons. The van der Waals surface area contributed by atoms with Gasteiger partial charge >= 0.3 is 0 Å². The summed E-state index contributed by atoms with van der Waals surface area (Å²) in [5.41, 5.74) is 1.51. The quantitative estimate of drug-likeness (QED) is 0.505. The van der Waals surface area contributed by atoms with E-state index in [0.29, 0.717) is 23.7 Å². The molecule has 0 atom stereocenters. The molecule has 0 saturated carbocycles. The van der Waals surface area contributed by atoms with E-state index in [1.165, 1.54) is 18.2 Å². The number of nitro groups is 1. The number of nitro benzene ring substituents is 1. The first-order valence-corrected chi connectivity index (χ1v) is 6.01. The van der Waals surface area contributed by atoms with Crippen molar-refractivity contribution in [3.63, 3.8) is 0 Å². The molecule has 6 nitrogen and oxygen atoms in total. The van der Waals surface area contributed by atoms with Gasteiger partial charge in [-0.15, -0.1) is 0 Å². The minimum absolute atomic E-state index is 0.106. The molecule has 0 spiro atoms. The molecule has 0 aromatic heterocycles. The van der Waals surface area contributed by atoms with E-state index in [2.05, 4.69) is 10.6 Å². The highest BCUT2D eigenvalue weighted by molar-refractivity contribution is 6.31. The van der Waals surface area contributed by atoms with Gasteiger partial charge in [0.25, 0.3) is 11.6 Å². The molecule has 0 unspecified atom stereocenters. The lowest BCUT2D eigenvalue weighted by Crippen LogP contribution is -2.36. The van der Waals surface area contributed by atoms with Crippen molar-refractivity contribution >= 4 is 28.9 Å². The van der Waals surface area contributed by atoms with Gasteiger partial charge in [-0.1, -0.05) is 11.6 Å². The first kappa shape index (κ1) is 13.5. The molecule has 1 fully saturated rings. The van der Waals surface area contributed by atoms with Crippen LogP contribution in [0.4, 0.5) is 11.4 Å². The lowest BCUT2D eigenvalue weighted by atomic mass is 10.0. The molecule has 7 heteroatoms. The molecule has 0 aliphatic carbocycles. The first-order valence-electron chi connectivity index (χ1n) is 5.63. The largest absolute Gasteiger partial charge is 0.316 e. The number of halogens is 1. The summed E-state index contributed by atoms with van der Waals surface area (Å²) in [6.07, 6.45) is 0. The summed E-state index contributed by atoms with van der Waals surface area (Å²) in [7, 11) is 0. The van der Waals surface area contributed by atoms with Crippen LogP contribution < -0.4 is 10.6 Å². The maximum absolute atomic E-state index is 12.0. The van der Waals surface area contributed by atoms with Gasteiger partial charge < -0.3 is 10.6 Å². The summed E-state index contributed by atoms with van der Waals surface area (Å²) < 4.78 is 0. The fourth-order valence-electron chi connectivity index (χ4n) is 1.66. The van der Waals surface area contributed by atoms with Crippen molar-refractivity contribution in [2.24, 2.45) is 0 Å². The summed E-state index contributed by atoms with van der Waals surface area (Å²) in [6.45, 7) is 3.05. The molecule has 1 heterocycles. The van der Waals surface area contributed by atoms with Crippen molar-refractivity contribution in [3.8, 4) is 0 Å². The zero-order chi connectivity index (χ0) is 14.0. The van der Waals surface area contributed by atoms with Crippen LogP contribution in [0.3, 0.4) is 0 Å². The molecule has 1 aliphatic heterocycles. The minimum atomic E-state index is -0.556. The SMILES string of the molecule is CC(C(=O)Nc1cc(Cl)ccc1[N+](=O)[O-])=C1CNC1. The van der Waals surface area contributed by atoms with Gasteiger partial charge in [0.15, 0.2) is 0 Å². The van der Waals surface area contributed by atoms with Gasteiger partial charge in [0.1, 0.15) is 5.69 Å². The Kier molecular flexibility index (Phi) is 3.82. The van der Waals surface area contributed by atoms with E-state index in [-0.39, 0.29) is 17.3 Å². The number of hydrogen-bond acceptors (Lipinski definition) is 4. The number of anilines is 1. The average molecular weight is 282 g/mol. The zero-order valence-corrected chi connectivity index (χ0v) is 11.0. The number of amides is 1. The third kappa shape index (κ3) is 2.91. The smallest absolute Gasteiger partial charge is 0.292 e. The lowest BCUT2D eigenvalue weighted by molar-refractivity contribution is -0.383. The van der Waals surface area contributed by atoms with E-state index >= 15 is 0 Å². The van der Waals surface area contributed by atoms with Crippen LogP contribution >= 0.6 is 11.6 Å². The number of rotatable bonds is 3.